The number of alkyl halides is 10. The molecule has 0 aliphatic heterocycles. The standard InChI is InChI=1S/C5H2F10O3/c6-1-2(7,8)16-4(12,13)18-5(14,15)17-3(9,10)11/h1H2. The van der Waals surface area contributed by atoms with Gasteiger partial charge in [-0.3, -0.25) is 0 Å². The van der Waals surface area contributed by atoms with Gasteiger partial charge in [0.05, 0.1) is 0 Å². The summed E-state index contributed by atoms with van der Waals surface area (Å²) in [6, 6.07) is 0. The Bertz CT molecular complexity index is 273. The van der Waals surface area contributed by atoms with Crippen LogP contribution >= 0.6 is 0 Å². The Balaban J connectivity index is 4.66. The summed E-state index contributed by atoms with van der Waals surface area (Å²) in [4.78, 5) is 0. The first-order valence-corrected chi connectivity index (χ1v) is 3.55. The smallest absolute Gasteiger partial charge is 0.241 e. The number of halogens is 10. The number of hydrogen-bond acceptors (Lipinski definition) is 3. The molecule has 0 aromatic carbocycles. The van der Waals surface area contributed by atoms with Crippen molar-refractivity contribution in [1.82, 2.24) is 0 Å². The molecule has 0 heterocycles. The highest BCUT2D eigenvalue weighted by Gasteiger charge is 2.57. The second kappa shape index (κ2) is 5.05. The molecular formula is C5H2F10O3. The molecule has 0 amide bonds. The summed E-state index contributed by atoms with van der Waals surface area (Å²) in [5.41, 5.74) is 0. The zero-order chi connectivity index (χ0) is 14.8. The van der Waals surface area contributed by atoms with Crippen LogP contribution < -0.4 is 0 Å². The van der Waals surface area contributed by atoms with E-state index in [-0.39, 0.29) is 0 Å². The molecule has 0 bridgehead atoms. The molecule has 0 aliphatic carbocycles. The normalized spacial score (nSPS) is 15.0. The molecule has 0 aliphatic rings. The summed E-state index contributed by atoms with van der Waals surface area (Å²) in [6.07, 6.45) is -23.3. The summed E-state index contributed by atoms with van der Waals surface area (Å²) in [5.74, 6) is 0. The van der Waals surface area contributed by atoms with Crippen LogP contribution in [0.3, 0.4) is 0 Å². The first-order valence-electron chi connectivity index (χ1n) is 3.55. The van der Waals surface area contributed by atoms with E-state index in [0.717, 1.165) is 0 Å². The summed E-state index contributed by atoms with van der Waals surface area (Å²) in [6.45, 7) is -2.85. The number of rotatable bonds is 6. The quantitative estimate of drug-likeness (QED) is 0.557. The fourth-order valence-corrected chi connectivity index (χ4v) is 0.516. The van der Waals surface area contributed by atoms with Gasteiger partial charge in [0, 0.05) is 0 Å². The molecule has 0 saturated carbocycles. The summed E-state index contributed by atoms with van der Waals surface area (Å²) >= 11 is 0. The van der Waals surface area contributed by atoms with Crippen molar-refractivity contribution in [2.24, 2.45) is 0 Å². The first-order chi connectivity index (χ1) is 7.68. The molecule has 0 unspecified atom stereocenters. The van der Waals surface area contributed by atoms with Gasteiger partial charge in [-0.2, -0.15) is 13.5 Å². The van der Waals surface area contributed by atoms with Gasteiger partial charge >= 0.3 is 25.1 Å². The Morgan fingerprint density at radius 2 is 1.00 bits per heavy atom. The van der Waals surface area contributed by atoms with E-state index in [9.17, 15) is 43.9 Å². The molecule has 0 radical (unpaired) electrons. The van der Waals surface area contributed by atoms with Crippen LogP contribution in [-0.2, 0) is 14.2 Å². The summed E-state index contributed by atoms with van der Waals surface area (Å²) in [7, 11) is 0. The minimum absolute atomic E-state index is 1.75. The van der Waals surface area contributed by atoms with Crippen molar-refractivity contribution in [2.75, 3.05) is 6.67 Å². The molecular weight excluding hydrogens is 298 g/mol. The van der Waals surface area contributed by atoms with Crippen molar-refractivity contribution in [1.29, 1.82) is 0 Å². The first kappa shape index (κ1) is 17.2. The maximum absolute atomic E-state index is 12.2. The molecule has 18 heavy (non-hydrogen) atoms. The average molecular weight is 300 g/mol. The van der Waals surface area contributed by atoms with E-state index in [0.29, 0.717) is 0 Å². The van der Waals surface area contributed by atoms with Crippen molar-refractivity contribution in [3.8, 4) is 0 Å². The van der Waals surface area contributed by atoms with E-state index in [1.54, 1.807) is 4.74 Å². The predicted octanol–water partition coefficient (Wildman–Crippen LogP) is 3.22. The second-order valence-corrected chi connectivity index (χ2v) is 2.45. The molecule has 0 atom stereocenters. The highest BCUT2D eigenvalue weighted by molar-refractivity contribution is 4.51. The van der Waals surface area contributed by atoms with Gasteiger partial charge in [0.25, 0.3) is 0 Å². The number of ether oxygens (including phenoxy) is 3. The van der Waals surface area contributed by atoms with Crippen molar-refractivity contribution < 1.29 is 58.1 Å². The zero-order valence-corrected chi connectivity index (χ0v) is 7.71. The highest BCUT2D eigenvalue weighted by atomic mass is 19.4. The summed E-state index contributed by atoms with van der Waals surface area (Å²) < 4.78 is 123. The van der Waals surface area contributed by atoms with Crippen molar-refractivity contribution in [3.05, 3.63) is 0 Å². The van der Waals surface area contributed by atoms with Crippen LogP contribution in [-0.4, -0.2) is 31.7 Å². The van der Waals surface area contributed by atoms with Crippen LogP contribution in [0.5, 0.6) is 0 Å². The van der Waals surface area contributed by atoms with E-state index in [1.807, 2.05) is 4.74 Å². The Hall–Kier alpha value is -0.820. The van der Waals surface area contributed by atoms with Crippen molar-refractivity contribution >= 4 is 0 Å². The van der Waals surface area contributed by atoms with Gasteiger partial charge in [-0.05, 0) is 0 Å². The monoisotopic (exact) mass is 300 g/mol. The Morgan fingerprint density at radius 1 is 0.611 bits per heavy atom. The molecule has 0 saturated heterocycles. The lowest BCUT2D eigenvalue weighted by Crippen LogP contribution is -2.44. The topological polar surface area (TPSA) is 27.7 Å². The fraction of sp³-hybridized carbons (Fsp3) is 1.00. The highest BCUT2D eigenvalue weighted by Crippen LogP contribution is 2.36. The van der Waals surface area contributed by atoms with Gasteiger partial charge in [-0.25, -0.2) is 13.9 Å². The van der Waals surface area contributed by atoms with E-state index in [2.05, 4.69) is 4.74 Å². The third-order valence-corrected chi connectivity index (χ3v) is 0.896. The number of hydrogen-bond donors (Lipinski definition) is 0. The molecule has 13 heteroatoms. The van der Waals surface area contributed by atoms with Gasteiger partial charge in [0.15, 0.2) is 6.67 Å². The van der Waals surface area contributed by atoms with Gasteiger partial charge < -0.3 is 0 Å². The molecule has 3 nitrogen and oxygen atoms in total. The predicted molar refractivity (Wildman–Crippen MR) is 30.1 cm³/mol. The van der Waals surface area contributed by atoms with E-state index in [4.69, 9.17) is 0 Å². The van der Waals surface area contributed by atoms with E-state index in [1.165, 1.54) is 0 Å². The zero-order valence-electron chi connectivity index (χ0n) is 7.71. The van der Waals surface area contributed by atoms with Gasteiger partial charge in [0.2, 0.25) is 0 Å². The Labute approximate surface area is 91.2 Å². The van der Waals surface area contributed by atoms with Crippen LogP contribution in [0.25, 0.3) is 0 Å². The summed E-state index contributed by atoms with van der Waals surface area (Å²) in [5, 5.41) is 0. The SMILES string of the molecule is FCC(F)(F)OC(F)(F)OC(F)(F)OC(F)(F)F. The Morgan fingerprint density at radius 3 is 1.33 bits per heavy atom. The largest absolute Gasteiger partial charge is 0.529 e. The lowest BCUT2D eigenvalue weighted by atomic mass is 10.7. The third kappa shape index (κ3) is 7.50. The van der Waals surface area contributed by atoms with Crippen molar-refractivity contribution in [2.45, 2.75) is 25.1 Å². The lowest BCUT2D eigenvalue weighted by Gasteiger charge is -2.25. The second-order valence-electron chi connectivity index (χ2n) is 2.45. The molecule has 0 aromatic rings. The minimum atomic E-state index is -6.10. The van der Waals surface area contributed by atoms with Gasteiger partial charge in [-0.1, -0.05) is 0 Å². The van der Waals surface area contributed by atoms with Crippen LogP contribution in [0.15, 0.2) is 0 Å². The molecule has 0 rings (SSSR count). The molecule has 110 valence electrons. The lowest BCUT2D eigenvalue weighted by molar-refractivity contribution is -0.583. The van der Waals surface area contributed by atoms with E-state index < -0.39 is 31.7 Å². The van der Waals surface area contributed by atoms with Crippen LogP contribution in [0.4, 0.5) is 43.9 Å². The Kier molecular flexibility index (Phi) is 4.82. The minimum Gasteiger partial charge on any atom is -0.241 e. The third-order valence-electron chi connectivity index (χ3n) is 0.896. The van der Waals surface area contributed by atoms with Gasteiger partial charge in [0.1, 0.15) is 0 Å². The maximum atomic E-state index is 12.2. The molecule has 0 N–H and O–H groups in total. The average Bonchev–Trinajstić information content (AvgIpc) is 1.93. The van der Waals surface area contributed by atoms with E-state index >= 15 is 0 Å². The van der Waals surface area contributed by atoms with Crippen LogP contribution in [0.2, 0.25) is 0 Å². The maximum Gasteiger partial charge on any atom is 0.529 e. The van der Waals surface area contributed by atoms with Crippen LogP contribution in [0.1, 0.15) is 0 Å². The molecule has 0 aromatic heterocycles. The van der Waals surface area contributed by atoms with Crippen molar-refractivity contribution in [3.63, 3.8) is 0 Å². The van der Waals surface area contributed by atoms with Crippen LogP contribution in [0, 0.1) is 0 Å². The molecule has 0 fully saturated rings. The van der Waals surface area contributed by atoms with Gasteiger partial charge in [-0.15, -0.1) is 30.7 Å². The molecule has 0 spiro atoms. The fourth-order valence-electron chi connectivity index (χ4n) is 0.516.